The number of piperidine rings is 1. The third-order valence-electron chi connectivity index (χ3n) is 4.14. The highest BCUT2D eigenvalue weighted by molar-refractivity contribution is 7.89. The van der Waals surface area contributed by atoms with Crippen molar-refractivity contribution in [2.24, 2.45) is 0 Å². The molecule has 19 heavy (non-hydrogen) atoms. The van der Waals surface area contributed by atoms with Crippen molar-refractivity contribution in [3.8, 4) is 0 Å². The Labute approximate surface area is 116 Å². The highest BCUT2D eigenvalue weighted by atomic mass is 32.2. The van der Waals surface area contributed by atoms with E-state index in [0.717, 1.165) is 25.9 Å². The number of nitrogens with zero attached hydrogens (tertiary/aromatic N) is 1. The highest BCUT2D eigenvalue weighted by Crippen LogP contribution is 2.19. The first kappa shape index (κ1) is 15.2. The van der Waals surface area contributed by atoms with Gasteiger partial charge in [-0.2, -0.15) is 0 Å². The lowest BCUT2D eigenvalue weighted by atomic mass is 10.0. The van der Waals surface area contributed by atoms with Crippen molar-refractivity contribution >= 4 is 10.0 Å². The van der Waals surface area contributed by atoms with Crippen molar-refractivity contribution in [1.29, 1.82) is 0 Å². The molecule has 1 N–H and O–H groups in total. The van der Waals surface area contributed by atoms with E-state index in [1.54, 1.807) is 4.31 Å². The Morgan fingerprint density at radius 3 is 2.47 bits per heavy atom. The minimum Gasteiger partial charge on any atom is -0.377 e. The van der Waals surface area contributed by atoms with E-state index in [4.69, 9.17) is 4.74 Å². The molecule has 2 heterocycles. The highest BCUT2D eigenvalue weighted by Gasteiger charge is 2.31. The minimum atomic E-state index is -3.01. The molecule has 2 unspecified atom stereocenters. The lowest BCUT2D eigenvalue weighted by Crippen LogP contribution is -2.49. The van der Waals surface area contributed by atoms with Gasteiger partial charge in [0.05, 0.1) is 11.9 Å². The van der Waals surface area contributed by atoms with Crippen molar-refractivity contribution in [3.05, 3.63) is 0 Å². The summed E-state index contributed by atoms with van der Waals surface area (Å²) in [6, 6.07) is 0.867. The summed E-state index contributed by atoms with van der Waals surface area (Å²) in [5, 5.41) is 3.63. The minimum absolute atomic E-state index is 0.276. The van der Waals surface area contributed by atoms with Gasteiger partial charge in [-0.05, 0) is 32.6 Å². The second kappa shape index (κ2) is 6.52. The van der Waals surface area contributed by atoms with Crippen LogP contribution in [-0.2, 0) is 14.8 Å². The van der Waals surface area contributed by atoms with Crippen molar-refractivity contribution in [3.63, 3.8) is 0 Å². The Kier molecular flexibility index (Phi) is 5.22. The number of nitrogens with one attached hydrogen (secondary N) is 1. The van der Waals surface area contributed by atoms with Crippen LogP contribution in [0.15, 0.2) is 0 Å². The van der Waals surface area contributed by atoms with Crippen LogP contribution in [0.3, 0.4) is 0 Å². The molecule has 0 amide bonds. The van der Waals surface area contributed by atoms with Crippen LogP contribution in [0.1, 0.15) is 39.5 Å². The molecule has 2 aliphatic heterocycles. The maximum absolute atomic E-state index is 12.0. The van der Waals surface area contributed by atoms with Crippen LogP contribution < -0.4 is 5.32 Å². The first-order valence-corrected chi connectivity index (χ1v) is 8.99. The van der Waals surface area contributed by atoms with E-state index in [2.05, 4.69) is 12.2 Å². The molecule has 2 saturated heterocycles. The first-order valence-electron chi connectivity index (χ1n) is 7.38. The molecular weight excluding hydrogens is 264 g/mol. The van der Waals surface area contributed by atoms with E-state index in [1.807, 2.05) is 6.92 Å². The van der Waals surface area contributed by atoms with E-state index in [-0.39, 0.29) is 11.9 Å². The quantitative estimate of drug-likeness (QED) is 0.819. The maximum atomic E-state index is 12.0. The van der Waals surface area contributed by atoms with Gasteiger partial charge >= 0.3 is 0 Å². The smallest absolute Gasteiger partial charge is 0.214 e. The number of rotatable bonds is 5. The molecule has 112 valence electrons. The predicted molar refractivity (Wildman–Crippen MR) is 75.6 cm³/mol. The van der Waals surface area contributed by atoms with Crippen LogP contribution in [0.25, 0.3) is 0 Å². The van der Waals surface area contributed by atoms with Crippen molar-refractivity contribution in [2.45, 2.75) is 57.7 Å². The van der Waals surface area contributed by atoms with E-state index in [0.29, 0.717) is 31.6 Å². The fraction of sp³-hybridized carbons (Fsp3) is 1.00. The third-order valence-corrected chi connectivity index (χ3v) is 6.21. The average Bonchev–Trinajstić information content (AvgIpc) is 2.76. The average molecular weight is 290 g/mol. The fourth-order valence-corrected chi connectivity index (χ4v) is 4.48. The van der Waals surface area contributed by atoms with Crippen LogP contribution in [0, 0.1) is 0 Å². The Bertz CT molecular complexity index is 377. The molecule has 2 atom stereocenters. The molecule has 2 fully saturated rings. The largest absolute Gasteiger partial charge is 0.377 e. The Balaban J connectivity index is 1.79. The standard InChI is InChI=1S/C13H26N2O3S/c1-3-10-19(16,17)15-7-4-12(5-8-15)14-13-6-9-18-11(13)2/h11-14H,3-10H2,1-2H3. The van der Waals surface area contributed by atoms with Gasteiger partial charge in [-0.1, -0.05) is 6.92 Å². The molecular formula is C13H26N2O3S. The van der Waals surface area contributed by atoms with Crippen LogP contribution in [0.2, 0.25) is 0 Å². The summed E-state index contributed by atoms with van der Waals surface area (Å²) in [5.41, 5.74) is 0. The Morgan fingerprint density at radius 2 is 1.95 bits per heavy atom. The summed E-state index contributed by atoms with van der Waals surface area (Å²) in [4.78, 5) is 0. The zero-order valence-corrected chi connectivity index (χ0v) is 12.8. The molecule has 2 rings (SSSR count). The van der Waals surface area contributed by atoms with E-state index in [1.165, 1.54) is 0 Å². The van der Waals surface area contributed by atoms with Gasteiger partial charge in [-0.3, -0.25) is 0 Å². The second-order valence-corrected chi connectivity index (χ2v) is 7.72. The van der Waals surface area contributed by atoms with Gasteiger partial charge in [0.15, 0.2) is 0 Å². The number of hydrogen-bond donors (Lipinski definition) is 1. The maximum Gasteiger partial charge on any atom is 0.214 e. The number of hydrogen-bond acceptors (Lipinski definition) is 4. The molecule has 0 aliphatic carbocycles. The van der Waals surface area contributed by atoms with Gasteiger partial charge in [0.1, 0.15) is 0 Å². The number of sulfonamides is 1. The summed E-state index contributed by atoms with van der Waals surface area (Å²) in [5.74, 6) is 0.276. The molecule has 0 radical (unpaired) electrons. The van der Waals surface area contributed by atoms with Crippen LogP contribution in [0.5, 0.6) is 0 Å². The predicted octanol–water partition coefficient (Wildman–Crippen LogP) is 0.958. The van der Waals surface area contributed by atoms with Gasteiger partial charge in [0, 0.05) is 31.8 Å². The van der Waals surface area contributed by atoms with Gasteiger partial charge in [-0.25, -0.2) is 12.7 Å². The van der Waals surface area contributed by atoms with Gasteiger partial charge in [0.2, 0.25) is 10.0 Å². The summed E-state index contributed by atoms with van der Waals surface area (Å²) in [6.45, 7) is 6.16. The van der Waals surface area contributed by atoms with Crippen molar-refractivity contribution < 1.29 is 13.2 Å². The van der Waals surface area contributed by atoms with Gasteiger partial charge in [-0.15, -0.1) is 0 Å². The molecule has 0 aromatic heterocycles. The van der Waals surface area contributed by atoms with Crippen LogP contribution >= 0.6 is 0 Å². The van der Waals surface area contributed by atoms with E-state index < -0.39 is 10.0 Å². The Hall–Kier alpha value is -0.170. The molecule has 0 aromatic rings. The summed E-state index contributed by atoms with van der Waals surface area (Å²) < 4.78 is 31.2. The van der Waals surface area contributed by atoms with Crippen molar-refractivity contribution in [2.75, 3.05) is 25.4 Å². The molecule has 0 bridgehead atoms. The molecule has 2 aliphatic rings. The SMILES string of the molecule is CCCS(=O)(=O)N1CCC(NC2CCOC2C)CC1. The van der Waals surface area contributed by atoms with Crippen LogP contribution in [0.4, 0.5) is 0 Å². The van der Waals surface area contributed by atoms with Gasteiger partial charge in [0.25, 0.3) is 0 Å². The number of ether oxygens (including phenoxy) is 1. The van der Waals surface area contributed by atoms with Crippen LogP contribution in [-0.4, -0.2) is 56.4 Å². The zero-order chi connectivity index (χ0) is 13.9. The Morgan fingerprint density at radius 1 is 1.26 bits per heavy atom. The topological polar surface area (TPSA) is 58.6 Å². The zero-order valence-electron chi connectivity index (χ0n) is 12.0. The van der Waals surface area contributed by atoms with E-state index in [9.17, 15) is 8.42 Å². The molecule has 6 heteroatoms. The van der Waals surface area contributed by atoms with Gasteiger partial charge < -0.3 is 10.1 Å². The molecule has 0 aromatic carbocycles. The monoisotopic (exact) mass is 290 g/mol. The molecule has 0 spiro atoms. The van der Waals surface area contributed by atoms with Crippen molar-refractivity contribution in [1.82, 2.24) is 9.62 Å². The first-order chi connectivity index (χ1) is 9.03. The third kappa shape index (κ3) is 3.90. The fourth-order valence-electron chi connectivity index (χ4n) is 2.94. The second-order valence-electron chi connectivity index (χ2n) is 5.63. The summed E-state index contributed by atoms with van der Waals surface area (Å²) in [6.07, 6.45) is 3.85. The molecule has 0 saturated carbocycles. The normalized spacial score (nSPS) is 30.8. The lowest BCUT2D eigenvalue weighted by molar-refractivity contribution is 0.108. The summed E-state index contributed by atoms with van der Waals surface area (Å²) in [7, 11) is -3.01. The lowest BCUT2D eigenvalue weighted by Gasteiger charge is -2.33. The summed E-state index contributed by atoms with van der Waals surface area (Å²) >= 11 is 0. The van der Waals surface area contributed by atoms with E-state index >= 15 is 0 Å². The molecule has 5 nitrogen and oxygen atoms in total.